The van der Waals surface area contributed by atoms with E-state index in [2.05, 4.69) is 0 Å². The third-order valence-corrected chi connectivity index (χ3v) is 0.827. The quantitative estimate of drug-likeness (QED) is 0.607. The van der Waals surface area contributed by atoms with Crippen LogP contribution in [-0.2, 0) is 0 Å². The van der Waals surface area contributed by atoms with Gasteiger partial charge in [-0.05, 0) is 6.92 Å². The van der Waals surface area contributed by atoms with Crippen LogP contribution in [0, 0.1) is 0 Å². The van der Waals surface area contributed by atoms with Crippen molar-refractivity contribution in [2.75, 3.05) is 7.11 Å². The van der Waals surface area contributed by atoms with E-state index in [1.807, 2.05) is 0 Å². The van der Waals surface area contributed by atoms with Gasteiger partial charge in [0.15, 0.2) is 0 Å². The molecular weight excluding hydrogens is 173 g/mol. The third-order valence-electron chi connectivity index (χ3n) is 0.827. The van der Waals surface area contributed by atoms with Gasteiger partial charge in [0.05, 0.1) is 0 Å². The van der Waals surface area contributed by atoms with Gasteiger partial charge in [-0.2, -0.15) is 13.2 Å². The fraction of sp³-hybridized carbons (Fsp3) is 1.00. The predicted molar refractivity (Wildman–Crippen MR) is 39.7 cm³/mol. The number of aliphatic hydroxyl groups is 2. The topological polar surface area (TPSA) is 40.5 Å². The highest BCUT2D eigenvalue weighted by Gasteiger charge is 2.33. The lowest BCUT2D eigenvalue weighted by atomic mass is 10.4. The molecule has 1 atom stereocenters. The molecule has 5 heteroatoms. The SMILES string of the molecule is C1CC1.CO.C[C@H](O)C(F)(F)F. The van der Waals surface area contributed by atoms with Crippen molar-refractivity contribution in [1.82, 2.24) is 0 Å². The molecule has 0 spiro atoms. The second kappa shape index (κ2) is 7.36. The largest absolute Gasteiger partial charge is 0.414 e. The van der Waals surface area contributed by atoms with Crippen LogP contribution < -0.4 is 0 Å². The van der Waals surface area contributed by atoms with Crippen LogP contribution in [-0.4, -0.2) is 29.6 Å². The Morgan fingerprint density at radius 2 is 1.25 bits per heavy atom. The van der Waals surface area contributed by atoms with Gasteiger partial charge in [-0.3, -0.25) is 0 Å². The van der Waals surface area contributed by atoms with Crippen LogP contribution in [0.3, 0.4) is 0 Å². The number of rotatable bonds is 0. The molecule has 2 N–H and O–H groups in total. The van der Waals surface area contributed by atoms with Gasteiger partial charge in [-0.25, -0.2) is 0 Å². The highest BCUT2D eigenvalue weighted by molar-refractivity contribution is 4.55. The van der Waals surface area contributed by atoms with Gasteiger partial charge in [0.25, 0.3) is 0 Å². The van der Waals surface area contributed by atoms with Crippen LogP contribution in [0.4, 0.5) is 13.2 Å². The summed E-state index contributed by atoms with van der Waals surface area (Å²) in [5.74, 6) is 0. The van der Waals surface area contributed by atoms with Crippen molar-refractivity contribution in [3.8, 4) is 0 Å². The van der Waals surface area contributed by atoms with Gasteiger partial charge >= 0.3 is 6.18 Å². The molecule has 1 aliphatic rings. The van der Waals surface area contributed by atoms with Crippen molar-refractivity contribution in [2.45, 2.75) is 38.5 Å². The van der Waals surface area contributed by atoms with Crippen molar-refractivity contribution >= 4 is 0 Å². The zero-order valence-corrected chi connectivity index (χ0v) is 7.23. The van der Waals surface area contributed by atoms with Gasteiger partial charge in [0.2, 0.25) is 0 Å². The summed E-state index contributed by atoms with van der Waals surface area (Å²) in [5.41, 5.74) is 0. The number of hydrogen-bond donors (Lipinski definition) is 2. The normalized spacial score (nSPS) is 16.2. The zero-order chi connectivity index (χ0) is 10.2. The molecule has 12 heavy (non-hydrogen) atoms. The first-order chi connectivity index (χ1) is 5.44. The summed E-state index contributed by atoms with van der Waals surface area (Å²) in [6.45, 7) is 0.681. The van der Waals surface area contributed by atoms with E-state index in [0.717, 1.165) is 7.11 Å². The molecule has 0 saturated heterocycles. The van der Waals surface area contributed by atoms with Crippen LogP contribution in [0.5, 0.6) is 0 Å². The first kappa shape index (κ1) is 14.2. The zero-order valence-electron chi connectivity index (χ0n) is 7.23. The van der Waals surface area contributed by atoms with E-state index in [9.17, 15) is 13.2 Å². The summed E-state index contributed by atoms with van der Waals surface area (Å²) < 4.78 is 32.8. The third kappa shape index (κ3) is 16.4. The summed E-state index contributed by atoms with van der Waals surface area (Å²) in [7, 11) is 1.00. The molecule has 0 aromatic heterocycles. The van der Waals surface area contributed by atoms with Crippen LogP contribution in [0.1, 0.15) is 26.2 Å². The highest BCUT2D eigenvalue weighted by atomic mass is 19.4. The maximum atomic E-state index is 10.9. The molecule has 0 bridgehead atoms. The Balaban J connectivity index is 0. The Labute approximate surface area is 70.0 Å². The smallest absolute Gasteiger partial charge is 0.400 e. The van der Waals surface area contributed by atoms with Crippen molar-refractivity contribution in [3.63, 3.8) is 0 Å². The van der Waals surface area contributed by atoms with Crippen molar-refractivity contribution < 1.29 is 23.4 Å². The second-order valence-corrected chi connectivity index (χ2v) is 2.28. The Bertz CT molecular complexity index is 86.4. The molecule has 2 nitrogen and oxygen atoms in total. The van der Waals surface area contributed by atoms with Gasteiger partial charge < -0.3 is 10.2 Å². The average Bonchev–Trinajstić information content (AvgIpc) is 2.74. The Kier molecular flexibility index (Phi) is 8.74. The summed E-state index contributed by atoms with van der Waals surface area (Å²) in [6.07, 6.45) is -2.15. The standard InChI is InChI=1S/C3H5F3O.C3H6.CH4O/c1-2(7)3(4,5)6;1-2-3-1;1-2/h2,7H,1H3;1-3H2;2H,1H3/t2-;;/m0../s1. The molecule has 1 fully saturated rings. The predicted octanol–water partition coefficient (Wildman–Crippen LogP) is 1.71. The van der Waals surface area contributed by atoms with Crippen molar-refractivity contribution in [3.05, 3.63) is 0 Å². The van der Waals surface area contributed by atoms with Gasteiger partial charge in [0, 0.05) is 7.11 Å². The van der Waals surface area contributed by atoms with Gasteiger partial charge in [0.1, 0.15) is 6.10 Å². The molecule has 0 aliphatic heterocycles. The first-order valence-electron chi connectivity index (χ1n) is 3.64. The fourth-order valence-corrected chi connectivity index (χ4v) is 0. The minimum Gasteiger partial charge on any atom is -0.400 e. The summed E-state index contributed by atoms with van der Waals surface area (Å²) in [6, 6.07) is 0. The summed E-state index contributed by atoms with van der Waals surface area (Å²) >= 11 is 0. The molecule has 1 rings (SSSR count). The Morgan fingerprint density at radius 1 is 1.08 bits per heavy atom. The lowest BCUT2D eigenvalue weighted by Gasteiger charge is -2.06. The van der Waals surface area contributed by atoms with Gasteiger partial charge in [-0.15, -0.1) is 0 Å². The Morgan fingerprint density at radius 3 is 1.25 bits per heavy atom. The number of alkyl halides is 3. The number of halogens is 3. The van der Waals surface area contributed by atoms with E-state index in [4.69, 9.17) is 10.2 Å². The molecule has 0 radical (unpaired) electrons. The van der Waals surface area contributed by atoms with Crippen LogP contribution >= 0.6 is 0 Å². The lowest BCUT2D eigenvalue weighted by Crippen LogP contribution is -2.24. The van der Waals surface area contributed by atoms with E-state index in [1.54, 1.807) is 0 Å². The minimum absolute atomic E-state index is 0.681. The monoisotopic (exact) mass is 188 g/mol. The second-order valence-electron chi connectivity index (χ2n) is 2.28. The molecule has 0 heterocycles. The van der Waals surface area contributed by atoms with Crippen LogP contribution in [0.25, 0.3) is 0 Å². The molecule has 76 valence electrons. The maximum Gasteiger partial charge on any atom is 0.414 e. The molecule has 1 saturated carbocycles. The number of aliphatic hydroxyl groups excluding tert-OH is 2. The van der Waals surface area contributed by atoms with E-state index in [0.29, 0.717) is 6.92 Å². The summed E-state index contributed by atoms with van der Waals surface area (Å²) in [4.78, 5) is 0. The molecule has 0 unspecified atom stereocenters. The Hall–Kier alpha value is -0.290. The van der Waals surface area contributed by atoms with E-state index in [-0.39, 0.29) is 0 Å². The molecule has 1 aliphatic carbocycles. The first-order valence-corrected chi connectivity index (χ1v) is 3.64. The molecule has 0 aromatic carbocycles. The van der Waals surface area contributed by atoms with Crippen LogP contribution in [0.15, 0.2) is 0 Å². The number of hydrogen-bond acceptors (Lipinski definition) is 2. The average molecular weight is 188 g/mol. The summed E-state index contributed by atoms with van der Waals surface area (Å²) in [5, 5.41) is 14.8. The molecule has 0 amide bonds. The maximum absolute atomic E-state index is 10.9. The lowest BCUT2D eigenvalue weighted by molar-refractivity contribution is -0.197. The molecule has 0 aromatic rings. The van der Waals surface area contributed by atoms with E-state index < -0.39 is 12.3 Å². The fourth-order valence-electron chi connectivity index (χ4n) is 0. The molecular formula is C7H15F3O2. The highest BCUT2D eigenvalue weighted by Crippen LogP contribution is 2.18. The van der Waals surface area contributed by atoms with Crippen molar-refractivity contribution in [1.29, 1.82) is 0 Å². The van der Waals surface area contributed by atoms with Crippen LogP contribution in [0.2, 0.25) is 0 Å². The van der Waals surface area contributed by atoms with E-state index >= 15 is 0 Å². The van der Waals surface area contributed by atoms with Gasteiger partial charge in [-0.1, -0.05) is 19.3 Å². The minimum atomic E-state index is -4.44. The van der Waals surface area contributed by atoms with E-state index in [1.165, 1.54) is 19.3 Å². The van der Waals surface area contributed by atoms with Crippen molar-refractivity contribution in [2.24, 2.45) is 0 Å².